The quantitative estimate of drug-likeness (QED) is 0.576. The number of aromatic nitrogens is 5. The number of halogens is 1. The average Bonchev–Trinajstić information content (AvgIpc) is 3.21. The van der Waals surface area contributed by atoms with Crippen LogP contribution in [0.3, 0.4) is 0 Å². The van der Waals surface area contributed by atoms with Crippen LogP contribution in [0.2, 0.25) is 5.02 Å². The number of tetrazole rings is 1. The third kappa shape index (κ3) is 4.93. The smallest absolute Gasteiger partial charge is 0.210 e. The first-order valence-electron chi connectivity index (χ1n) is 7.65. The lowest BCUT2D eigenvalue weighted by Gasteiger charge is -2.19. The molecular formula is C16H18ClN5OS2. The summed E-state index contributed by atoms with van der Waals surface area (Å²) in [7, 11) is 0. The van der Waals surface area contributed by atoms with Gasteiger partial charge in [0.1, 0.15) is 17.4 Å². The summed E-state index contributed by atoms with van der Waals surface area (Å²) in [5.41, 5.74) is 0.846. The molecule has 0 N–H and O–H groups in total. The van der Waals surface area contributed by atoms with Gasteiger partial charge in [0.2, 0.25) is 5.16 Å². The summed E-state index contributed by atoms with van der Waals surface area (Å²) in [5.74, 6) is 1.49. The molecule has 0 spiro atoms. The molecule has 0 amide bonds. The minimum absolute atomic E-state index is 0.147. The molecule has 0 atom stereocenters. The number of hydrogen-bond acceptors (Lipinski definition) is 7. The molecule has 0 saturated heterocycles. The van der Waals surface area contributed by atoms with Gasteiger partial charge in [-0.05, 0) is 55.5 Å². The van der Waals surface area contributed by atoms with Gasteiger partial charge in [0.05, 0.1) is 11.2 Å². The maximum Gasteiger partial charge on any atom is 0.210 e. The minimum atomic E-state index is -0.147. The third-order valence-corrected chi connectivity index (χ3v) is 5.28. The number of hydrogen-bond donors (Lipinski definition) is 0. The SMILES string of the molecule is CC(C)(C)n1nnnc1SCc1csc(COc2ccc(Cl)cc2)n1. The standard InChI is InChI=1S/C16H18ClN5OS2/c1-16(2,3)22-15(19-20-21-22)25-10-12-9-24-14(18-12)8-23-13-6-4-11(17)5-7-13/h4-7,9H,8,10H2,1-3H3. The molecule has 2 aromatic heterocycles. The number of rotatable bonds is 6. The Morgan fingerprint density at radius 1 is 1.24 bits per heavy atom. The van der Waals surface area contributed by atoms with Gasteiger partial charge in [-0.25, -0.2) is 9.67 Å². The lowest BCUT2D eigenvalue weighted by molar-refractivity contribution is 0.305. The van der Waals surface area contributed by atoms with Crippen molar-refractivity contribution in [2.45, 2.75) is 43.8 Å². The highest BCUT2D eigenvalue weighted by Crippen LogP contribution is 2.25. The summed E-state index contributed by atoms with van der Waals surface area (Å²) >= 11 is 9.03. The number of thiazole rings is 1. The van der Waals surface area contributed by atoms with Crippen molar-refractivity contribution in [2.75, 3.05) is 0 Å². The maximum atomic E-state index is 5.86. The molecule has 3 aromatic rings. The molecule has 0 fully saturated rings. The van der Waals surface area contributed by atoms with Crippen LogP contribution < -0.4 is 4.74 Å². The van der Waals surface area contributed by atoms with E-state index in [1.165, 1.54) is 0 Å². The van der Waals surface area contributed by atoms with Crippen molar-refractivity contribution >= 4 is 34.7 Å². The van der Waals surface area contributed by atoms with E-state index in [-0.39, 0.29) is 5.54 Å². The van der Waals surface area contributed by atoms with E-state index < -0.39 is 0 Å². The molecule has 0 aliphatic rings. The minimum Gasteiger partial charge on any atom is -0.486 e. The largest absolute Gasteiger partial charge is 0.486 e. The Morgan fingerprint density at radius 3 is 2.72 bits per heavy atom. The molecule has 6 nitrogen and oxygen atoms in total. The fraction of sp³-hybridized carbons (Fsp3) is 0.375. The Labute approximate surface area is 159 Å². The van der Waals surface area contributed by atoms with Gasteiger partial charge >= 0.3 is 0 Å². The highest BCUT2D eigenvalue weighted by Gasteiger charge is 2.20. The van der Waals surface area contributed by atoms with Gasteiger partial charge in [-0.15, -0.1) is 16.4 Å². The van der Waals surface area contributed by atoms with Gasteiger partial charge < -0.3 is 4.74 Å². The molecule has 132 valence electrons. The van der Waals surface area contributed by atoms with Crippen LogP contribution in [0.15, 0.2) is 34.8 Å². The fourth-order valence-corrected chi connectivity index (χ4v) is 3.87. The van der Waals surface area contributed by atoms with Gasteiger partial charge in [0.15, 0.2) is 0 Å². The molecule has 0 saturated carbocycles. The summed E-state index contributed by atoms with van der Waals surface area (Å²) in [5, 5.41) is 16.4. The van der Waals surface area contributed by atoms with Crippen molar-refractivity contribution in [1.82, 2.24) is 25.2 Å². The summed E-state index contributed by atoms with van der Waals surface area (Å²) in [6, 6.07) is 7.30. The number of benzene rings is 1. The van der Waals surface area contributed by atoms with Crippen LogP contribution in [0.5, 0.6) is 5.75 Å². The second kappa shape index (κ2) is 7.72. The highest BCUT2D eigenvalue weighted by atomic mass is 35.5. The second-order valence-corrected chi connectivity index (χ2v) is 8.63. The van der Waals surface area contributed by atoms with Crippen LogP contribution in [0.4, 0.5) is 0 Å². The number of ether oxygens (including phenoxy) is 1. The molecule has 25 heavy (non-hydrogen) atoms. The van der Waals surface area contributed by atoms with Crippen LogP contribution in [0, 0.1) is 0 Å². The zero-order valence-electron chi connectivity index (χ0n) is 14.1. The van der Waals surface area contributed by atoms with Gasteiger partial charge in [-0.3, -0.25) is 0 Å². The fourth-order valence-electron chi connectivity index (χ4n) is 1.99. The third-order valence-electron chi connectivity index (χ3n) is 3.20. The van der Waals surface area contributed by atoms with Crippen molar-refractivity contribution in [3.8, 4) is 5.75 Å². The van der Waals surface area contributed by atoms with Gasteiger partial charge in [-0.1, -0.05) is 23.4 Å². The van der Waals surface area contributed by atoms with E-state index in [9.17, 15) is 0 Å². The summed E-state index contributed by atoms with van der Waals surface area (Å²) in [6.45, 7) is 6.66. The van der Waals surface area contributed by atoms with E-state index in [1.54, 1.807) is 35.2 Å². The van der Waals surface area contributed by atoms with E-state index in [1.807, 2.05) is 22.2 Å². The molecule has 0 aliphatic carbocycles. The molecule has 0 aliphatic heterocycles. The Hall–Kier alpha value is -1.64. The first-order chi connectivity index (χ1) is 11.9. The van der Waals surface area contributed by atoms with E-state index in [2.05, 4.69) is 41.3 Å². The van der Waals surface area contributed by atoms with Crippen LogP contribution in [-0.2, 0) is 17.9 Å². The number of nitrogens with zero attached hydrogens (tertiary/aromatic N) is 5. The highest BCUT2D eigenvalue weighted by molar-refractivity contribution is 7.98. The van der Waals surface area contributed by atoms with Crippen molar-refractivity contribution in [1.29, 1.82) is 0 Å². The molecule has 1 aromatic carbocycles. The summed E-state index contributed by atoms with van der Waals surface area (Å²) in [4.78, 5) is 4.60. The van der Waals surface area contributed by atoms with Crippen molar-refractivity contribution in [2.24, 2.45) is 0 Å². The summed E-state index contributed by atoms with van der Waals surface area (Å²) in [6.07, 6.45) is 0. The monoisotopic (exact) mass is 395 g/mol. The normalized spacial score (nSPS) is 11.7. The molecule has 3 rings (SSSR count). The molecule has 2 heterocycles. The van der Waals surface area contributed by atoms with Crippen LogP contribution in [0.1, 0.15) is 31.5 Å². The van der Waals surface area contributed by atoms with Crippen molar-refractivity contribution in [3.05, 3.63) is 45.4 Å². The molecular weight excluding hydrogens is 378 g/mol. The molecule has 0 unspecified atom stereocenters. The van der Waals surface area contributed by atoms with Gasteiger partial charge in [-0.2, -0.15) is 0 Å². The first-order valence-corrected chi connectivity index (χ1v) is 9.89. The average molecular weight is 396 g/mol. The zero-order chi connectivity index (χ0) is 17.9. The predicted octanol–water partition coefficient (Wildman–Crippen LogP) is 4.41. The molecule has 0 radical (unpaired) electrons. The maximum absolute atomic E-state index is 5.86. The lowest BCUT2D eigenvalue weighted by Crippen LogP contribution is -2.24. The molecule has 0 bridgehead atoms. The van der Waals surface area contributed by atoms with Crippen LogP contribution in [-0.4, -0.2) is 25.2 Å². The Balaban J connectivity index is 1.55. The van der Waals surface area contributed by atoms with Crippen molar-refractivity contribution < 1.29 is 4.74 Å². The van der Waals surface area contributed by atoms with Gasteiger partial charge in [0, 0.05) is 16.2 Å². The zero-order valence-corrected chi connectivity index (χ0v) is 16.5. The summed E-state index contributed by atoms with van der Waals surface area (Å²) < 4.78 is 7.55. The predicted molar refractivity (Wildman–Crippen MR) is 100 cm³/mol. The Bertz CT molecular complexity index is 826. The van der Waals surface area contributed by atoms with Gasteiger partial charge in [0.25, 0.3) is 0 Å². The van der Waals surface area contributed by atoms with E-state index in [4.69, 9.17) is 16.3 Å². The Kier molecular flexibility index (Phi) is 5.61. The topological polar surface area (TPSA) is 65.7 Å². The van der Waals surface area contributed by atoms with Crippen molar-refractivity contribution in [3.63, 3.8) is 0 Å². The lowest BCUT2D eigenvalue weighted by atomic mass is 10.1. The molecule has 9 heteroatoms. The van der Waals surface area contributed by atoms with Crippen LogP contribution in [0.25, 0.3) is 0 Å². The van der Waals surface area contributed by atoms with E-state index in [0.717, 1.165) is 21.6 Å². The Morgan fingerprint density at radius 2 is 2.00 bits per heavy atom. The number of thioether (sulfide) groups is 1. The van der Waals surface area contributed by atoms with Crippen LogP contribution >= 0.6 is 34.7 Å². The second-order valence-electron chi connectivity index (χ2n) is 6.31. The first kappa shape index (κ1) is 18.2. The van der Waals surface area contributed by atoms with E-state index >= 15 is 0 Å². The van der Waals surface area contributed by atoms with E-state index in [0.29, 0.717) is 17.4 Å².